The molecule has 0 aromatic rings. The number of hydrogen-bond donors (Lipinski definition) is 0. The second-order valence-electron chi connectivity index (χ2n) is 6.36. The summed E-state index contributed by atoms with van der Waals surface area (Å²) in [6.07, 6.45) is 3.62. The van der Waals surface area contributed by atoms with E-state index in [1.54, 1.807) is 0 Å². The molecule has 0 fully saturated rings. The van der Waals surface area contributed by atoms with Gasteiger partial charge in [-0.3, -0.25) is 4.79 Å². The third-order valence-electron chi connectivity index (χ3n) is 2.68. The summed E-state index contributed by atoms with van der Waals surface area (Å²) >= 11 is 0. The zero-order valence-electron chi connectivity index (χ0n) is 11.8. The number of esters is 1. The molecule has 0 aromatic carbocycles. The van der Waals surface area contributed by atoms with Crippen LogP contribution in [0.25, 0.3) is 0 Å². The summed E-state index contributed by atoms with van der Waals surface area (Å²) in [7, 11) is 0. The van der Waals surface area contributed by atoms with Crippen molar-refractivity contribution in [3.05, 3.63) is 0 Å². The van der Waals surface area contributed by atoms with Gasteiger partial charge < -0.3 is 4.74 Å². The first-order chi connectivity index (χ1) is 7.20. The summed E-state index contributed by atoms with van der Waals surface area (Å²) in [5.74, 6) is 1.06. The van der Waals surface area contributed by atoms with Gasteiger partial charge in [-0.15, -0.1) is 0 Å². The highest BCUT2D eigenvalue weighted by molar-refractivity contribution is 5.65. The summed E-state index contributed by atoms with van der Waals surface area (Å²) in [6, 6.07) is 0. The number of carbonyl (C=O) groups is 1. The van der Waals surface area contributed by atoms with Gasteiger partial charge in [-0.2, -0.15) is 0 Å². The van der Waals surface area contributed by atoms with Crippen molar-refractivity contribution in [2.24, 2.45) is 17.3 Å². The van der Waals surface area contributed by atoms with Crippen molar-refractivity contribution in [2.75, 3.05) is 6.61 Å². The largest absolute Gasteiger partial charge is 0.466 e. The van der Waals surface area contributed by atoms with Gasteiger partial charge in [-0.05, 0) is 30.1 Å². The maximum Gasteiger partial charge on any atom is 0.302 e. The number of ether oxygens (including phenoxy) is 1. The first-order valence-electron chi connectivity index (χ1n) is 6.34. The molecule has 0 radical (unpaired) electrons. The van der Waals surface area contributed by atoms with E-state index in [1.165, 1.54) is 19.8 Å². The Morgan fingerprint density at radius 1 is 1.12 bits per heavy atom. The minimum absolute atomic E-state index is 0.172. The van der Waals surface area contributed by atoms with Crippen LogP contribution in [0.2, 0.25) is 0 Å². The third-order valence-corrected chi connectivity index (χ3v) is 2.68. The van der Waals surface area contributed by atoms with Crippen molar-refractivity contribution < 1.29 is 9.53 Å². The Hall–Kier alpha value is -0.530. The van der Waals surface area contributed by atoms with Crippen LogP contribution in [0.4, 0.5) is 0 Å². The van der Waals surface area contributed by atoms with Gasteiger partial charge in [0.05, 0.1) is 6.61 Å². The third kappa shape index (κ3) is 10.0. The summed E-state index contributed by atoms with van der Waals surface area (Å²) in [6.45, 7) is 13.3. The molecule has 0 rings (SSSR count). The Morgan fingerprint density at radius 3 is 2.06 bits per heavy atom. The van der Waals surface area contributed by atoms with Gasteiger partial charge in [-0.1, -0.05) is 41.0 Å². The summed E-state index contributed by atoms with van der Waals surface area (Å²) in [4.78, 5) is 10.7. The van der Waals surface area contributed by atoms with Gasteiger partial charge in [0.15, 0.2) is 0 Å². The van der Waals surface area contributed by atoms with Crippen molar-refractivity contribution in [3.63, 3.8) is 0 Å². The first kappa shape index (κ1) is 15.5. The molecule has 0 aliphatic heterocycles. The molecule has 96 valence electrons. The van der Waals surface area contributed by atoms with Crippen LogP contribution in [-0.2, 0) is 9.53 Å². The highest BCUT2D eigenvalue weighted by atomic mass is 16.5. The van der Waals surface area contributed by atoms with Gasteiger partial charge >= 0.3 is 5.97 Å². The summed E-state index contributed by atoms with van der Waals surface area (Å²) < 4.78 is 5.00. The van der Waals surface area contributed by atoms with Crippen LogP contribution in [0, 0.1) is 17.3 Å². The average molecular weight is 228 g/mol. The van der Waals surface area contributed by atoms with Gasteiger partial charge in [0.1, 0.15) is 0 Å². The molecule has 0 spiro atoms. The van der Waals surface area contributed by atoms with E-state index in [-0.39, 0.29) is 5.97 Å². The lowest BCUT2D eigenvalue weighted by molar-refractivity contribution is -0.142. The minimum atomic E-state index is -0.172. The van der Waals surface area contributed by atoms with Crippen LogP contribution in [0.15, 0.2) is 0 Å². The fourth-order valence-corrected chi connectivity index (χ4v) is 2.06. The van der Waals surface area contributed by atoms with E-state index in [0.717, 1.165) is 12.3 Å². The van der Waals surface area contributed by atoms with E-state index in [4.69, 9.17) is 4.74 Å². The van der Waals surface area contributed by atoms with Crippen LogP contribution in [0.5, 0.6) is 0 Å². The maximum atomic E-state index is 10.7. The predicted octanol–water partition coefficient (Wildman–Crippen LogP) is 4.04. The van der Waals surface area contributed by atoms with E-state index in [2.05, 4.69) is 34.6 Å². The number of hydrogen-bond acceptors (Lipinski definition) is 2. The highest BCUT2D eigenvalue weighted by Crippen LogP contribution is 2.27. The van der Waals surface area contributed by atoms with E-state index < -0.39 is 0 Å². The van der Waals surface area contributed by atoms with Gasteiger partial charge in [0, 0.05) is 6.92 Å². The summed E-state index contributed by atoms with van der Waals surface area (Å²) in [5.41, 5.74) is 0.415. The SMILES string of the molecule is CC(=O)OCC(C)CCC(C)CC(C)(C)C. The second-order valence-corrected chi connectivity index (χ2v) is 6.36. The van der Waals surface area contributed by atoms with Crippen molar-refractivity contribution in [1.29, 1.82) is 0 Å². The molecule has 2 unspecified atom stereocenters. The van der Waals surface area contributed by atoms with Crippen LogP contribution in [0.1, 0.15) is 60.8 Å². The maximum absolute atomic E-state index is 10.7. The molecule has 0 heterocycles. The lowest BCUT2D eigenvalue weighted by atomic mass is 9.83. The van der Waals surface area contributed by atoms with Gasteiger partial charge in [0.25, 0.3) is 0 Å². The topological polar surface area (TPSA) is 26.3 Å². The Labute approximate surface area is 101 Å². The molecule has 0 aromatic heterocycles. The fraction of sp³-hybridized carbons (Fsp3) is 0.929. The van der Waals surface area contributed by atoms with Crippen LogP contribution >= 0.6 is 0 Å². The predicted molar refractivity (Wildman–Crippen MR) is 68.3 cm³/mol. The van der Waals surface area contributed by atoms with Crippen LogP contribution in [-0.4, -0.2) is 12.6 Å². The molecule has 0 aliphatic rings. The first-order valence-corrected chi connectivity index (χ1v) is 6.34. The molecule has 16 heavy (non-hydrogen) atoms. The van der Waals surface area contributed by atoms with E-state index in [0.29, 0.717) is 17.9 Å². The zero-order chi connectivity index (χ0) is 12.8. The minimum Gasteiger partial charge on any atom is -0.466 e. The standard InChI is InChI=1S/C14H28O2/c1-11(9-14(4,5)6)7-8-12(2)10-16-13(3)15/h11-12H,7-10H2,1-6H3. The van der Waals surface area contributed by atoms with E-state index >= 15 is 0 Å². The molecule has 0 amide bonds. The average Bonchev–Trinajstić information content (AvgIpc) is 2.08. The van der Waals surface area contributed by atoms with Crippen molar-refractivity contribution in [3.8, 4) is 0 Å². The Bertz CT molecular complexity index is 203. The zero-order valence-corrected chi connectivity index (χ0v) is 11.8. The normalized spacial score (nSPS) is 15.6. The Balaban J connectivity index is 3.66. The molecule has 2 atom stereocenters. The molecular formula is C14H28O2. The quantitative estimate of drug-likeness (QED) is 0.641. The number of carbonyl (C=O) groups excluding carboxylic acids is 1. The number of rotatable bonds is 6. The fourth-order valence-electron chi connectivity index (χ4n) is 2.06. The van der Waals surface area contributed by atoms with Gasteiger partial charge in [0.2, 0.25) is 0 Å². The molecule has 0 aliphatic carbocycles. The smallest absolute Gasteiger partial charge is 0.302 e. The highest BCUT2D eigenvalue weighted by Gasteiger charge is 2.16. The Morgan fingerprint density at radius 2 is 1.62 bits per heavy atom. The lowest BCUT2D eigenvalue weighted by Crippen LogP contribution is -2.14. The molecule has 0 N–H and O–H groups in total. The van der Waals surface area contributed by atoms with E-state index in [9.17, 15) is 4.79 Å². The molecule has 0 bridgehead atoms. The van der Waals surface area contributed by atoms with Crippen LogP contribution < -0.4 is 0 Å². The molecular weight excluding hydrogens is 200 g/mol. The van der Waals surface area contributed by atoms with Gasteiger partial charge in [-0.25, -0.2) is 0 Å². The Kier molecular flexibility index (Phi) is 6.70. The molecule has 0 saturated heterocycles. The van der Waals surface area contributed by atoms with Crippen molar-refractivity contribution in [2.45, 2.75) is 60.8 Å². The van der Waals surface area contributed by atoms with Crippen molar-refractivity contribution in [1.82, 2.24) is 0 Å². The van der Waals surface area contributed by atoms with Crippen molar-refractivity contribution >= 4 is 5.97 Å². The molecule has 2 heteroatoms. The molecule has 0 saturated carbocycles. The monoisotopic (exact) mass is 228 g/mol. The van der Waals surface area contributed by atoms with E-state index in [1.807, 2.05) is 0 Å². The lowest BCUT2D eigenvalue weighted by Gasteiger charge is -2.24. The summed E-state index contributed by atoms with van der Waals surface area (Å²) in [5, 5.41) is 0. The second kappa shape index (κ2) is 6.93. The molecule has 2 nitrogen and oxygen atoms in total. The van der Waals surface area contributed by atoms with Crippen LogP contribution in [0.3, 0.4) is 0 Å².